The summed E-state index contributed by atoms with van der Waals surface area (Å²) in [5.74, 6) is 0.522. The third-order valence-electron chi connectivity index (χ3n) is 2.57. The van der Waals surface area contributed by atoms with Crippen molar-refractivity contribution in [3.8, 4) is 11.5 Å². The van der Waals surface area contributed by atoms with Crippen LogP contribution < -0.4 is 20.2 Å². The van der Waals surface area contributed by atoms with E-state index in [0.29, 0.717) is 11.5 Å². The molecule has 1 heterocycles. The van der Waals surface area contributed by atoms with Gasteiger partial charge < -0.3 is 14.8 Å². The molecule has 112 valence electrons. The number of carbonyl (C=O) groups is 2. The van der Waals surface area contributed by atoms with Crippen LogP contribution in [0.25, 0.3) is 0 Å². The van der Waals surface area contributed by atoms with Crippen molar-refractivity contribution in [2.75, 3.05) is 6.79 Å². The molecule has 0 unspecified atom stereocenters. The highest BCUT2D eigenvalue weighted by Crippen LogP contribution is 2.31. The van der Waals surface area contributed by atoms with Gasteiger partial charge in [-0.25, -0.2) is 5.43 Å². The molecule has 0 atom stereocenters. The van der Waals surface area contributed by atoms with E-state index in [1.165, 1.54) is 6.21 Å². The maximum atomic E-state index is 11.5. The highest BCUT2D eigenvalue weighted by molar-refractivity contribution is 5.97. The van der Waals surface area contributed by atoms with Crippen LogP contribution in [0.4, 0.5) is 0 Å². The Morgan fingerprint density at radius 2 is 2.05 bits per heavy atom. The molecule has 2 N–H and O–H groups in total. The Bertz CT molecular complexity index is 569. The Morgan fingerprint density at radius 3 is 2.81 bits per heavy atom. The normalized spacial score (nSPS) is 12.7. The number of hydrogen-bond acceptors (Lipinski definition) is 5. The van der Waals surface area contributed by atoms with Gasteiger partial charge in [0.2, 0.25) is 18.6 Å². The number of nitrogens with zero attached hydrogens (tertiary/aromatic N) is 1. The fourth-order valence-corrected chi connectivity index (χ4v) is 1.73. The maximum absolute atomic E-state index is 11.5. The molecular weight excluding hydrogens is 274 g/mol. The van der Waals surface area contributed by atoms with Crippen LogP contribution in [0.5, 0.6) is 11.5 Å². The smallest absolute Gasteiger partial charge is 0.249 e. The van der Waals surface area contributed by atoms with Crippen LogP contribution in [-0.2, 0) is 9.59 Å². The molecule has 0 spiro atoms. The fraction of sp³-hybridized carbons (Fsp3) is 0.357. The molecule has 21 heavy (non-hydrogen) atoms. The average molecular weight is 291 g/mol. The van der Waals surface area contributed by atoms with Gasteiger partial charge >= 0.3 is 0 Å². The molecule has 0 fully saturated rings. The summed E-state index contributed by atoms with van der Waals surface area (Å²) >= 11 is 0. The van der Waals surface area contributed by atoms with E-state index in [4.69, 9.17) is 9.47 Å². The van der Waals surface area contributed by atoms with Crippen molar-refractivity contribution in [2.45, 2.75) is 26.3 Å². The SMILES string of the molecule is CC(C)NC(=O)CC(=O)N/N=C\c1ccc2c(c1)OCO2. The van der Waals surface area contributed by atoms with E-state index in [1.807, 2.05) is 13.8 Å². The lowest BCUT2D eigenvalue weighted by atomic mass is 10.2. The molecule has 0 saturated carbocycles. The van der Waals surface area contributed by atoms with Crippen molar-refractivity contribution in [3.05, 3.63) is 23.8 Å². The van der Waals surface area contributed by atoms with Gasteiger partial charge in [-0.3, -0.25) is 9.59 Å². The van der Waals surface area contributed by atoms with E-state index in [1.54, 1.807) is 18.2 Å². The molecule has 0 saturated heterocycles. The van der Waals surface area contributed by atoms with Gasteiger partial charge in [-0.05, 0) is 37.6 Å². The van der Waals surface area contributed by atoms with Gasteiger partial charge in [0.15, 0.2) is 11.5 Å². The van der Waals surface area contributed by atoms with Gasteiger partial charge in [0.05, 0.1) is 6.21 Å². The van der Waals surface area contributed by atoms with Gasteiger partial charge in [-0.1, -0.05) is 0 Å². The second kappa shape index (κ2) is 6.74. The summed E-state index contributed by atoms with van der Waals surface area (Å²) in [6.45, 7) is 3.86. The summed E-state index contributed by atoms with van der Waals surface area (Å²) in [5, 5.41) is 6.43. The molecule has 1 aromatic rings. The summed E-state index contributed by atoms with van der Waals surface area (Å²) in [6.07, 6.45) is 1.22. The summed E-state index contributed by atoms with van der Waals surface area (Å²) in [7, 11) is 0. The number of ether oxygens (including phenoxy) is 2. The predicted molar refractivity (Wildman–Crippen MR) is 76.2 cm³/mol. The largest absolute Gasteiger partial charge is 0.454 e. The van der Waals surface area contributed by atoms with Gasteiger partial charge in [0.1, 0.15) is 6.42 Å². The molecule has 0 radical (unpaired) electrons. The van der Waals surface area contributed by atoms with E-state index in [0.717, 1.165) is 5.56 Å². The van der Waals surface area contributed by atoms with Crippen molar-refractivity contribution in [1.29, 1.82) is 0 Å². The number of carbonyl (C=O) groups excluding carboxylic acids is 2. The van der Waals surface area contributed by atoms with E-state index < -0.39 is 5.91 Å². The number of benzene rings is 1. The lowest BCUT2D eigenvalue weighted by molar-refractivity contribution is -0.129. The van der Waals surface area contributed by atoms with Gasteiger partial charge in [-0.15, -0.1) is 0 Å². The van der Waals surface area contributed by atoms with Crippen molar-refractivity contribution in [1.82, 2.24) is 10.7 Å². The summed E-state index contributed by atoms with van der Waals surface area (Å²) in [5.41, 5.74) is 3.06. The zero-order valence-electron chi connectivity index (χ0n) is 11.9. The standard InChI is InChI=1S/C14H17N3O4/c1-9(2)16-13(18)6-14(19)17-15-7-10-3-4-11-12(5-10)21-8-20-11/h3-5,7,9H,6,8H2,1-2H3,(H,16,18)(H,17,19)/b15-7-. The molecule has 1 aliphatic rings. The highest BCUT2D eigenvalue weighted by Gasteiger charge is 2.12. The van der Waals surface area contributed by atoms with Gasteiger partial charge in [0.25, 0.3) is 0 Å². The first-order valence-electron chi connectivity index (χ1n) is 6.55. The van der Waals surface area contributed by atoms with Crippen LogP contribution >= 0.6 is 0 Å². The Kier molecular flexibility index (Phi) is 4.76. The van der Waals surface area contributed by atoms with Crippen molar-refractivity contribution < 1.29 is 19.1 Å². The zero-order chi connectivity index (χ0) is 15.2. The number of nitrogens with one attached hydrogen (secondary N) is 2. The number of amides is 2. The summed E-state index contributed by atoms with van der Waals surface area (Å²) in [6, 6.07) is 5.31. The van der Waals surface area contributed by atoms with Gasteiger partial charge in [0, 0.05) is 6.04 Å². The molecule has 2 amide bonds. The minimum atomic E-state index is -0.467. The number of rotatable bonds is 5. The van der Waals surface area contributed by atoms with E-state index in [9.17, 15) is 9.59 Å². The van der Waals surface area contributed by atoms with Gasteiger partial charge in [-0.2, -0.15) is 5.10 Å². The number of hydrazone groups is 1. The first kappa shape index (κ1) is 14.8. The highest BCUT2D eigenvalue weighted by atomic mass is 16.7. The van der Waals surface area contributed by atoms with Crippen LogP contribution in [0.15, 0.2) is 23.3 Å². The molecule has 7 heteroatoms. The van der Waals surface area contributed by atoms with Crippen LogP contribution in [-0.4, -0.2) is 30.9 Å². The lowest BCUT2D eigenvalue weighted by Gasteiger charge is -2.06. The molecule has 1 aromatic carbocycles. The molecule has 0 bridgehead atoms. The Balaban J connectivity index is 1.82. The predicted octanol–water partition coefficient (Wildman–Crippen LogP) is 0.780. The average Bonchev–Trinajstić information content (AvgIpc) is 2.84. The van der Waals surface area contributed by atoms with E-state index >= 15 is 0 Å². The van der Waals surface area contributed by atoms with Crippen LogP contribution in [0.3, 0.4) is 0 Å². The first-order valence-corrected chi connectivity index (χ1v) is 6.55. The topological polar surface area (TPSA) is 89.0 Å². The maximum Gasteiger partial charge on any atom is 0.249 e. The third kappa shape index (κ3) is 4.48. The van der Waals surface area contributed by atoms with Crippen LogP contribution in [0, 0.1) is 0 Å². The molecule has 0 aliphatic carbocycles. The van der Waals surface area contributed by atoms with Crippen LogP contribution in [0.2, 0.25) is 0 Å². The molecule has 0 aromatic heterocycles. The summed E-state index contributed by atoms with van der Waals surface area (Å²) in [4.78, 5) is 22.9. The number of hydrogen-bond donors (Lipinski definition) is 2. The second-order valence-corrected chi connectivity index (χ2v) is 4.80. The quantitative estimate of drug-likeness (QED) is 0.476. The monoisotopic (exact) mass is 291 g/mol. The Hall–Kier alpha value is -2.57. The number of fused-ring (bicyclic) bond motifs is 1. The van der Waals surface area contributed by atoms with E-state index in [-0.39, 0.29) is 25.2 Å². The minimum absolute atomic E-state index is 0.00225. The van der Waals surface area contributed by atoms with Crippen molar-refractivity contribution in [2.24, 2.45) is 5.10 Å². The Morgan fingerprint density at radius 1 is 1.29 bits per heavy atom. The van der Waals surface area contributed by atoms with Crippen LogP contribution in [0.1, 0.15) is 25.8 Å². The fourth-order valence-electron chi connectivity index (χ4n) is 1.73. The minimum Gasteiger partial charge on any atom is -0.454 e. The molecule has 1 aliphatic heterocycles. The molecule has 7 nitrogen and oxygen atoms in total. The third-order valence-corrected chi connectivity index (χ3v) is 2.57. The first-order chi connectivity index (χ1) is 10.0. The molecular formula is C14H17N3O4. The zero-order valence-corrected chi connectivity index (χ0v) is 11.9. The van der Waals surface area contributed by atoms with E-state index in [2.05, 4.69) is 15.8 Å². The lowest BCUT2D eigenvalue weighted by Crippen LogP contribution is -2.34. The second-order valence-electron chi connectivity index (χ2n) is 4.80. The van der Waals surface area contributed by atoms with Crippen molar-refractivity contribution in [3.63, 3.8) is 0 Å². The summed E-state index contributed by atoms with van der Waals surface area (Å²) < 4.78 is 10.4. The van der Waals surface area contributed by atoms with Crippen molar-refractivity contribution >= 4 is 18.0 Å². The molecule has 2 rings (SSSR count). The Labute approximate surface area is 122 Å².